The largest absolute Gasteiger partial charge is 0.674 e. The molecule has 1 aliphatic heterocycles. The van der Waals surface area contributed by atoms with E-state index in [9.17, 15) is 5.11 Å². The molecule has 1 aliphatic rings. The third kappa shape index (κ3) is 14.6. The van der Waals surface area contributed by atoms with Gasteiger partial charge in [0.15, 0.2) is 0 Å². The summed E-state index contributed by atoms with van der Waals surface area (Å²) in [5.41, 5.74) is 12.8. The molecule has 0 amide bonds. The molecule has 2 atom stereocenters. The molecule has 0 bridgehead atoms. The van der Waals surface area contributed by atoms with Crippen molar-refractivity contribution in [3.8, 4) is 0 Å². The van der Waals surface area contributed by atoms with Gasteiger partial charge in [0, 0.05) is 68.0 Å². The van der Waals surface area contributed by atoms with Crippen molar-refractivity contribution < 1.29 is 45.8 Å². The van der Waals surface area contributed by atoms with Gasteiger partial charge in [0.1, 0.15) is 5.76 Å². The zero-order valence-corrected chi connectivity index (χ0v) is 31.8. The van der Waals surface area contributed by atoms with Crippen molar-refractivity contribution >= 4 is 16.7 Å². The Labute approximate surface area is 278 Å². The Morgan fingerprint density at radius 1 is 1.17 bits per heavy atom. The Morgan fingerprint density at radius 3 is 2.10 bits per heavy atom. The Bertz CT molecular complexity index is 1010. The second-order valence-corrected chi connectivity index (χ2v) is 11.6. The first kappa shape index (κ1) is 41.9. The smallest absolute Gasteiger partial charge is 0.146 e. The number of rotatable bonds is 9. The van der Waals surface area contributed by atoms with Gasteiger partial charge in [0.05, 0.1) is 17.7 Å². The van der Waals surface area contributed by atoms with Crippen LogP contribution in [0.4, 0.5) is 0 Å². The van der Waals surface area contributed by atoms with E-state index in [1.807, 2.05) is 23.6 Å². The van der Waals surface area contributed by atoms with Crippen LogP contribution < -0.4 is 0 Å². The van der Waals surface area contributed by atoms with Crippen molar-refractivity contribution in [2.24, 2.45) is 5.92 Å². The van der Waals surface area contributed by atoms with Gasteiger partial charge in [-0.1, -0.05) is 113 Å². The van der Waals surface area contributed by atoms with Crippen LogP contribution in [0.2, 0.25) is 0 Å². The van der Waals surface area contributed by atoms with Crippen LogP contribution in [0.25, 0.3) is 10.6 Å². The van der Waals surface area contributed by atoms with E-state index in [0.717, 1.165) is 42.8 Å². The number of nitrogens with zero attached hydrogens (tertiary/aromatic N) is 2. The van der Waals surface area contributed by atoms with Gasteiger partial charge < -0.3 is 25.4 Å². The zero-order chi connectivity index (χ0) is 30.8. The van der Waals surface area contributed by atoms with Crippen molar-refractivity contribution in [3.05, 3.63) is 88.5 Å². The van der Waals surface area contributed by atoms with Crippen LogP contribution >= 0.6 is 11.8 Å². The van der Waals surface area contributed by atoms with Crippen LogP contribution in [-0.4, -0.2) is 46.6 Å². The minimum Gasteiger partial charge on any atom is -0.674 e. The second-order valence-electron chi connectivity index (χ2n) is 10.6. The fourth-order valence-corrected chi connectivity index (χ4v) is 4.81. The molecular formula is C33H54N3O3SU-. The summed E-state index contributed by atoms with van der Waals surface area (Å²) in [6.45, 7) is 26.9. The molecule has 2 aromatic rings. The van der Waals surface area contributed by atoms with Gasteiger partial charge in [0.25, 0.3) is 0 Å². The summed E-state index contributed by atoms with van der Waals surface area (Å²) in [7, 11) is 1.00. The van der Waals surface area contributed by atoms with E-state index < -0.39 is 0 Å². The molecule has 41 heavy (non-hydrogen) atoms. The number of β-amino-alcohol motifs (C(OH)–C–C–N with tert-alkyl or cyclic N) is 1. The fraction of sp³-hybridized carbons (Fsp3) is 0.545. The molecule has 3 rings (SSSR count). The number of allylic oxidation sites excluding steroid dienone is 2. The summed E-state index contributed by atoms with van der Waals surface area (Å²) in [5.74, 6) is 1.76. The summed E-state index contributed by atoms with van der Waals surface area (Å²) < 4.78 is 5.56. The first-order valence-corrected chi connectivity index (χ1v) is 15.1. The van der Waals surface area contributed by atoms with E-state index in [4.69, 9.17) is 15.4 Å². The molecule has 2 unspecified atom stereocenters. The van der Waals surface area contributed by atoms with Crippen molar-refractivity contribution in [2.45, 2.75) is 92.7 Å². The average molecular weight is 811 g/mol. The maximum absolute atomic E-state index is 9.70. The summed E-state index contributed by atoms with van der Waals surface area (Å²) in [6, 6.07) is 10.2. The molecule has 0 saturated carbocycles. The van der Waals surface area contributed by atoms with Crippen LogP contribution in [-0.2, 0) is 6.54 Å². The molecule has 1 fully saturated rings. The minimum absolute atomic E-state index is 0. The van der Waals surface area contributed by atoms with Crippen molar-refractivity contribution in [1.82, 2.24) is 10.1 Å². The van der Waals surface area contributed by atoms with Crippen molar-refractivity contribution in [1.29, 1.82) is 0 Å². The molecule has 3 N–H and O–H groups in total. The number of aliphatic hydroxyl groups is 2. The third-order valence-corrected chi connectivity index (χ3v) is 7.16. The molecule has 0 radical (unpaired) electrons. The standard InChI is InChI=1S/C16H26N2O2.C13H16NS.C3H8.CH4O.U/c1-10(2)14-8-15(20-17-14)16(11(3)4)12(5)18-7-6-13(19)9-18;1-4-15-13(10(2)3)12-7-5-11(9-14)6-8-12;1-3-2;1-2;/h8,10-11,13,16,19H,5-7,9H2,1-4H3;4-8,14H,1,9H2,2-3H3;3H2,1-2H3;2H,1H3;/q;-1;;;. The number of nitrogens with one attached hydrogen (secondary N) is 1. The topological polar surface area (TPSA) is 93.5 Å². The van der Waals surface area contributed by atoms with Crippen molar-refractivity contribution in [3.63, 3.8) is 0 Å². The van der Waals surface area contributed by atoms with Gasteiger partial charge in [-0.15, -0.1) is 6.54 Å². The molecule has 0 aliphatic carbocycles. The van der Waals surface area contributed by atoms with Gasteiger partial charge in [-0.2, -0.15) is 0 Å². The minimum atomic E-state index is -0.236. The molecule has 230 valence electrons. The van der Waals surface area contributed by atoms with Crippen LogP contribution in [0.1, 0.15) is 103 Å². The fourth-order valence-electron chi connectivity index (χ4n) is 4.13. The maximum Gasteiger partial charge on any atom is 0.146 e. The molecule has 1 aromatic heterocycles. The number of hydrogen-bond acceptors (Lipinski definition) is 6. The Kier molecular flexibility index (Phi) is 23.7. The average Bonchev–Trinajstić information content (AvgIpc) is 3.59. The van der Waals surface area contributed by atoms with Crippen LogP contribution in [0.3, 0.4) is 0 Å². The SMILES string of the molecule is C=C(C(c1cc(C(C)C)no1)C(C)C)N1CCC(O)C1.C=CSC(=C(C)C)c1ccc(C[NH-])cc1.CCC.CO.[U]. The Hall–Kier alpha value is -1.27. The summed E-state index contributed by atoms with van der Waals surface area (Å²) in [4.78, 5) is 3.42. The van der Waals surface area contributed by atoms with E-state index in [2.05, 4.69) is 90.7 Å². The second kappa shape index (κ2) is 23.2. The monoisotopic (exact) mass is 810 g/mol. The Morgan fingerprint density at radius 2 is 1.73 bits per heavy atom. The predicted octanol–water partition coefficient (Wildman–Crippen LogP) is 9.01. The first-order chi connectivity index (χ1) is 19.0. The van der Waals surface area contributed by atoms with E-state index in [0.29, 0.717) is 24.9 Å². The number of hydrogen-bond donors (Lipinski definition) is 2. The van der Waals surface area contributed by atoms with Gasteiger partial charge in [-0.3, -0.25) is 0 Å². The van der Waals surface area contributed by atoms with E-state index in [-0.39, 0.29) is 43.1 Å². The molecular weight excluding hydrogens is 756 g/mol. The number of aromatic nitrogens is 1. The summed E-state index contributed by atoms with van der Waals surface area (Å²) >= 11 is 1.65. The third-order valence-electron chi connectivity index (χ3n) is 6.12. The van der Waals surface area contributed by atoms with Crippen LogP contribution in [0.5, 0.6) is 0 Å². The molecule has 0 spiro atoms. The van der Waals surface area contributed by atoms with Gasteiger partial charge >= 0.3 is 0 Å². The van der Waals surface area contributed by atoms with Crippen LogP contribution in [0.15, 0.2) is 64.7 Å². The van der Waals surface area contributed by atoms with Gasteiger partial charge in [0.2, 0.25) is 0 Å². The molecule has 8 heteroatoms. The molecule has 1 aromatic carbocycles. The van der Waals surface area contributed by atoms with Crippen molar-refractivity contribution in [2.75, 3.05) is 20.2 Å². The van der Waals surface area contributed by atoms with Gasteiger partial charge in [-0.05, 0) is 43.1 Å². The number of benzene rings is 1. The quantitative estimate of drug-likeness (QED) is 0.263. The zero-order valence-electron chi connectivity index (χ0n) is 26.8. The molecule has 2 heterocycles. The Balaban J connectivity index is 0. The summed E-state index contributed by atoms with van der Waals surface area (Å²) in [6.07, 6.45) is 1.83. The predicted molar refractivity (Wildman–Crippen MR) is 174 cm³/mol. The molecule has 6 nitrogen and oxygen atoms in total. The van der Waals surface area contributed by atoms with E-state index in [1.54, 1.807) is 11.8 Å². The number of aliphatic hydroxyl groups excluding tert-OH is 2. The van der Waals surface area contributed by atoms with Crippen LogP contribution in [0, 0.1) is 37.0 Å². The van der Waals surface area contributed by atoms with E-state index >= 15 is 0 Å². The van der Waals surface area contributed by atoms with Gasteiger partial charge in [-0.25, -0.2) is 0 Å². The first-order valence-electron chi connectivity index (χ1n) is 14.2. The maximum atomic E-state index is 9.70. The normalized spacial score (nSPS) is 14.4. The van der Waals surface area contributed by atoms with E-state index in [1.165, 1.54) is 22.5 Å². The number of thioether (sulfide) groups is 1. The number of likely N-dealkylation sites (tertiary alicyclic amines) is 1. The summed E-state index contributed by atoms with van der Waals surface area (Å²) in [5, 5.41) is 22.7. The molecule has 1 saturated heterocycles.